The summed E-state index contributed by atoms with van der Waals surface area (Å²) in [5, 5.41) is 0. The van der Waals surface area contributed by atoms with Crippen LogP contribution in [0.5, 0.6) is 0 Å². The van der Waals surface area contributed by atoms with E-state index in [1.165, 1.54) is 0 Å². The first kappa shape index (κ1) is 20.1. The summed E-state index contributed by atoms with van der Waals surface area (Å²) in [5.74, 6) is 0. The maximum atomic E-state index is 7.00. The summed E-state index contributed by atoms with van der Waals surface area (Å²) in [4.78, 5) is 0. The highest BCUT2D eigenvalue weighted by Crippen LogP contribution is 2.51. The summed E-state index contributed by atoms with van der Waals surface area (Å²) in [6.45, 7) is 16.3. The summed E-state index contributed by atoms with van der Waals surface area (Å²) in [7, 11) is -1.87. The molecule has 1 aromatic carbocycles. The maximum absolute atomic E-state index is 7.00. The molecule has 0 bridgehead atoms. The maximum Gasteiger partial charge on any atom is 0.200 e. The molecule has 2 fully saturated rings. The van der Waals surface area contributed by atoms with Crippen molar-refractivity contribution in [1.29, 1.82) is 0 Å². The Kier molecular flexibility index (Phi) is 5.70. The fourth-order valence-corrected chi connectivity index (χ4v) is 11.0. The molecule has 1 saturated heterocycles. The molecule has 0 amide bonds. The Balaban J connectivity index is 1.72. The van der Waals surface area contributed by atoms with Crippen molar-refractivity contribution in [2.45, 2.75) is 102 Å². The van der Waals surface area contributed by atoms with E-state index in [2.05, 4.69) is 60.6 Å². The molecule has 26 heavy (non-hydrogen) atoms. The summed E-state index contributed by atoms with van der Waals surface area (Å²) in [6.07, 6.45) is 2.01. The molecule has 4 atom stereocenters. The Hall–Kier alpha value is -0.683. The quantitative estimate of drug-likeness (QED) is 0.552. The molecule has 2 aliphatic rings. The molecule has 1 aromatic rings. The molecule has 0 spiro atoms. The molecule has 0 aromatic heterocycles. The lowest BCUT2D eigenvalue weighted by molar-refractivity contribution is -0.103. The van der Waals surface area contributed by atoms with Crippen LogP contribution in [-0.4, -0.2) is 26.1 Å². The second-order valence-corrected chi connectivity index (χ2v) is 14.7. The number of benzene rings is 1. The van der Waals surface area contributed by atoms with Crippen LogP contribution in [0.25, 0.3) is 0 Å². The third-order valence-corrected chi connectivity index (χ3v) is 12.8. The molecular weight excluding hydrogens is 340 g/mol. The lowest BCUT2D eigenvalue weighted by atomic mass is 10.0. The van der Waals surface area contributed by atoms with E-state index >= 15 is 0 Å². The molecule has 4 unspecified atom stereocenters. The van der Waals surface area contributed by atoms with Crippen LogP contribution in [0.1, 0.15) is 73.2 Å². The molecule has 0 radical (unpaired) electrons. The van der Waals surface area contributed by atoms with Gasteiger partial charge in [-0.2, -0.15) is 0 Å². The number of ether oxygens (including phenoxy) is 2. The first-order valence-electron chi connectivity index (χ1n) is 10.2. The molecular formula is C22H36O3Si. The molecule has 3 nitrogen and oxygen atoms in total. The molecule has 1 aliphatic heterocycles. The minimum atomic E-state index is -1.87. The summed E-state index contributed by atoms with van der Waals surface area (Å²) >= 11 is 0. The zero-order valence-electron chi connectivity index (χ0n) is 17.5. The van der Waals surface area contributed by atoms with Gasteiger partial charge in [-0.15, -0.1) is 0 Å². The van der Waals surface area contributed by atoms with Gasteiger partial charge in [0.05, 0.1) is 17.8 Å². The van der Waals surface area contributed by atoms with E-state index in [1.807, 2.05) is 18.2 Å². The predicted molar refractivity (Wildman–Crippen MR) is 109 cm³/mol. The van der Waals surface area contributed by atoms with E-state index in [-0.39, 0.29) is 24.1 Å². The first-order valence-corrected chi connectivity index (χ1v) is 12.4. The van der Waals surface area contributed by atoms with Crippen molar-refractivity contribution in [2.75, 3.05) is 0 Å². The van der Waals surface area contributed by atoms with Crippen LogP contribution in [0.15, 0.2) is 30.3 Å². The monoisotopic (exact) mass is 376 g/mol. The molecule has 3 rings (SSSR count). The van der Waals surface area contributed by atoms with Gasteiger partial charge in [0.1, 0.15) is 0 Å². The third-order valence-electron chi connectivity index (χ3n) is 6.60. The lowest BCUT2D eigenvalue weighted by Gasteiger charge is -2.44. The van der Waals surface area contributed by atoms with Gasteiger partial charge in [-0.3, -0.25) is 0 Å². The number of rotatable bonds is 6. The van der Waals surface area contributed by atoms with Crippen molar-refractivity contribution in [1.82, 2.24) is 0 Å². The van der Waals surface area contributed by atoms with E-state index in [0.29, 0.717) is 16.6 Å². The van der Waals surface area contributed by atoms with Crippen molar-refractivity contribution in [3.05, 3.63) is 35.9 Å². The summed E-state index contributed by atoms with van der Waals surface area (Å²) in [6, 6.07) is 10.3. The van der Waals surface area contributed by atoms with E-state index in [1.54, 1.807) is 0 Å². The highest BCUT2D eigenvalue weighted by molar-refractivity contribution is 6.77. The number of hydrogen-bond acceptors (Lipinski definition) is 3. The Labute approximate surface area is 160 Å². The van der Waals surface area contributed by atoms with Crippen molar-refractivity contribution in [3.63, 3.8) is 0 Å². The first-order chi connectivity index (χ1) is 12.2. The van der Waals surface area contributed by atoms with Gasteiger partial charge >= 0.3 is 0 Å². The van der Waals surface area contributed by atoms with E-state index in [0.717, 1.165) is 18.4 Å². The lowest BCUT2D eigenvalue weighted by Crippen LogP contribution is -2.50. The second-order valence-electron chi connectivity index (χ2n) is 9.30. The van der Waals surface area contributed by atoms with Gasteiger partial charge in [0.15, 0.2) is 6.29 Å². The van der Waals surface area contributed by atoms with Crippen LogP contribution >= 0.6 is 0 Å². The van der Waals surface area contributed by atoms with Gasteiger partial charge in [-0.25, -0.2) is 0 Å². The van der Waals surface area contributed by atoms with Gasteiger partial charge in [0, 0.05) is 18.4 Å². The smallest absolute Gasteiger partial charge is 0.200 e. The van der Waals surface area contributed by atoms with Crippen molar-refractivity contribution in [3.8, 4) is 0 Å². The standard InChI is InChI=1S/C22H36O3Si/c1-15(2)26(16(3)4,17(5)6)25-19-13-20-22(7,14-19)24-21(23-20)18-11-9-8-10-12-18/h8-12,15-17,19-21H,13-14H2,1-7H3. The zero-order chi connectivity index (χ0) is 19.1. The zero-order valence-corrected chi connectivity index (χ0v) is 18.5. The largest absolute Gasteiger partial charge is 0.413 e. The molecule has 146 valence electrons. The predicted octanol–water partition coefficient (Wildman–Crippen LogP) is 6.21. The van der Waals surface area contributed by atoms with Crippen LogP contribution in [-0.2, 0) is 13.9 Å². The number of hydrogen-bond donors (Lipinski definition) is 0. The Morgan fingerprint density at radius 2 is 1.58 bits per heavy atom. The minimum Gasteiger partial charge on any atom is -0.413 e. The van der Waals surface area contributed by atoms with Crippen molar-refractivity contribution in [2.24, 2.45) is 0 Å². The van der Waals surface area contributed by atoms with Crippen molar-refractivity contribution >= 4 is 8.32 Å². The summed E-state index contributed by atoms with van der Waals surface area (Å²) in [5.41, 5.74) is 2.69. The minimum absolute atomic E-state index is 0.121. The molecule has 0 N–H and O–H groups in total. The van der Waals surface area contributed by atoms with Gasteiger partial charge in [0.25, 0.3) is 0 Å². The molecule has 4 heteroatoms. The van der Waals surface area contributed by atoms with E-state index in [4.69, 9.17) is 13.9 Å². The van der Waals surface area contributed by atoms with Gasteiger partial charge in [0.2, 0.25) is 8.32 Å². The van der Waals surface area contributed by atoms with Gasteiger partial charge in [-0.1, -0.05) is 71.9 Å². The van der Waals surface area contributed by atoms with Crippen LogP contribution < -0.4 is 0 Å². The van der Waals surface area contributed by atoms with Crippen molar-refractivity contribution < 1.29 is 13.9 Å². The molecule has 1 aliphatic carbocycles. The van der Waals surface area contributed by atoms with Crippen LogP contribution in [0.3, 0.4) is 0 Å². The fourth-order valence-electron chi connectivity index (χ4n) is 5.44. The van der Waals surface area contributed by atoms with Gasteiger partial charge in [-0.05, 0) is 23.5 Å². The summed E-state index contributed by atoms with van der Waals surface area (Å²) < 4.78 is 19.7. The topological polar surface area (TPSA) is 27.7 Å². The average Bonchev–Trinajstić information content (AvgIpc) is 3.03. The van der Waals surface area contributed by atoms with Gasteiger partial charge < -0.3 is 13.9 Å². The normalized spacial score (nSPS) is 32.0. The fraction of sp³-hybridized carbons (Fsp3) is 0.727. The second kappa shape index (κ2) is 7.38. The van der Waals surface area contributed by atoms with Crippen LogP contribution in [0.4, 0.5) is 0 Å². The third kappa shape index (κ3) is 3.41. The van der Waals surface area contributed by atoms with Crippen LogP contribution in [0.2, 0.25) is 16.6 Å². The average molecular weight is 377 g/mol. The molecule has 1 heterocycles. The van der Waals surface area contributed by atoms with Crippen LogP contribution in [0, 0.1) is 0 Å². The SMILES string of the molecule is CC(C)[Si](OC1CC2OC(c3ccccc3)OC2(C)C1)(C(C)C)C(C)C. The highest BCUT2D eigenvalue weighted by Gasteiger charge is 2.56. The highest BCUT2D eigenvalue weighted by atomic mass is 28.4. The Morgan fingerprint density at radius 1 is 1.00 bits per heavy atom. The Bertz CT molecular complexity index is 579. The number of fused-ring (bicyclic) bond motifs is 1. The van der Waals surface area contributed by atoms with E-state index < -0.39 is 8.32 Å². The molecule has 1 saturated carbocycles. The Morgan fingerprint density at radius 3 is 2.08 bits per heavy atom. The van der Waals surface area contributed by atoms with E-state index in [9.17, 15) is 0 Å².